The molecule has 2 rings (SSSR count). The van der Waals surface area contributed by atoms with Gasteiger partial charge in [-0.15, -0.1) is 11.3 Å². The molecule has 5 nitrogen and oxygen atoms in total. The molecule has 20 heavy (non-hydrogen) atoms. The summed E-state index contributed by atoms with van der Waals surface area (Å²) in [5.74, 6) is -0.422. The van der Waals surface area contributed by atoms with Gasteiger partial charge < -0.3 is 15.8 Å². The molecule has 0 aliphatic heterocycles. The molecular weight excluding hydrogens is 274 g/mol. The molecule has 0 aliphatic carbocycles. The van der Waals surface area contributed by atoms with Gasteiger partial charge in [0.2, 0.25) is 0 Å². The maximum Gasteiger partial charge on any atom is 0.340 e. The molecule has 0 fully saturated rings. The molecule has 1 aromatic heterocycles. The standard InChI is InChI=1S/C14H17N3O2S/c1-14(2,13-16-7-8-20-13)17-11-9(12(18)19-3)5-4-6-10(11)15/h4-8,17H,15H2,1-3H3. The van der Waals surface area contributed by atoms with E-state index in [9.17, 15) is 4.79 Å². The number of carbonyl (C=O) groups is 1. The number of nitrogens with two attached hydrogens (primary N) is 1. The first-order valence-electron chi connectivity index (χ1n) is 6.10. The number of methoxy groups -OCH3 is 1. The number of thiazole rings is 1. The van der Waals surface area contributed by atoms with Crippen LogP contribution in [0.25, 0.3) is 0 Å². The number of anilines is 2. The first-order chi connectivity index (χ1) is 9.45. The lowest BCUT2D eigenvalue weighted by Gasteiger charge is -2.27. The second kappa shape index (κ2) is 5.50. The SMILES string of the molecule is COC(=O)c1cccc(N)c1NC(C)(C)c1nccs1. The van der Waals surface area contributed by atoms with Crippen molar-refractivity contribution in [2.24, 2.45) is 0 Å². The minimum absolute atomic E-state index is 0.414. The Morgan fingerprint density at radius 2 is 2.20 bits per heavy atom. The van der Waals surface area contributed by atoms with Gasteiger partial charge in [-0.1, -0.05) is 6.07 Å². The molecule has 0 atom stereocenters. The van der Waals surface area contributed by atoms with Gasteiger partial charge >= 0.3 is 5.97 Å². The van der Waals surface area contributed by atoms with Crippen LogP contribution in [0, 0.1) is 0 Å². The highest BCUT2D eigenvalue weighted by Gasteiger charge is 2.26. The van der Waals surface area contributed by atoms with Crippen LogP contribution in [0.1, 0.15) is 29.2 Å². The van der Waals surface area contributed by atoms with E-state index in [2.05, 4.69) is 10.3 Å². The van der Waals surface area contributed by atoms with E-state index >= 15 is 0 Å². The van der Waals surface area contributed by atoms with Crippen molar-refractivity contribution in [2.45, 2.75) is 19.4 Å². The molecule has 6 heteroatoms. The van der Waals surface area contributed by atoms with E-state index < -0.39 is 11.5 Å². The Kier molecular flexibility index (Phi) is 3.94. The van der Waals surface area contributed by atoms with Crippen molar-refractivity contribution >= 4 is 28.7 Å². The lowest BCUT2D eigenvalue weighted by Crippen LogP contribution is -2.29. The first-order valence-corrected chi connectivity index (χ1v) is 6.98. The van der Waals surface area contributed by atoms with E-state index in [-0.39, 0.29) is 0 Å². The van der Waals surface area contributed by atoms with Gasteiger partial charge in [-0.25, -0.2) is 9.78 Å². The molecule has 0 unspecified atom stereocenters. The summed E-state index contributed by atoms with van der Waals surface area (Å²) in [6.07, 6.45) is 1.75. The molecule has 1 aromatic carbocycles. The molecule has 0 saturated heterocycles. The van der Waals surface area contributed by atoms with Crippen molar-refractivity contribution in [1.82, 2.24) is 4.98 Å². The molecule has 0 aliphatic rings. The van der Waals surface area contributed by atoms with Gasteiger partial charge in [0.05, 0.1) is 29.6 Å². The van der Waals surface area contributed by atoms with Gasteiger partial charge in [-0.05, 0) is 26.0 Å². The summed E-state index contributed by atoms with van der Waals surface area (Å²) in [6.45, 7) is 3.97. The van der Waals surface area contributed by atoms with Crippen LogP contribution in [0.2, 0.25) is 0 Å². The van der Waals surface area contributed by atoms with E-state index in [0.29, 0.717) is 16.9 Å². The average molecular weight is 291 g/mol. The maximum absolute atomic E-state index is 11.8. The number of nitrogens with zero attached hydrogens (tertiary/aromatic N) is 1. The quantitative estimate of drug-likeness (QED) is 0.669. The van der Waals surface area contributed by atoms with E-state index in [4.69, 9.17) is 10.5 Å². The summed E-state index contributed by atoms with van der Waals surface area (Å²) in [5.41, 5.74) is 7.03. The Morgan fingerprint density at radius 3 is 2.80 bits per heavy atom. The van der Waals surface area contributed by atoms with Gasteiger partial charge in [-0.3, -0.25) is 0 Å². The molecule has 3 N–H and O–H groups in total. The van der Waals surface area contributed by atoms with Crippen LogP contribution in [0.5, 0.6) is 0 Å². The Bertz CT molecular complexity index is 609. The maximum atomic E-state index is 11.8. The number of aromatic nitrogens is 1. The monoisotopic (exact) mass is 291 g/mol. The molecule has 0 radical (unpaired) electrons. The second-order valence-corrected chi connectivity index (χ2v) is 5.74. The highest BCUT2D eigenvalue weighted by atomic mass is 32.1. The molecule has 0 spiro atoms. The van der Waals surface area contributed by atoms with Crippen molar-refractivity contribution < 1.29 is 9.53 Å². The van der Waals surface area contributed by atoms with Crippen LogP contribution in [0.4, 0.5) is 11.4 Å². The Hall–Kier alpha value is -2.08. The van der Waals surface area contributed by atoms with E-state index in [0.717, 1.165) is 5.01 Å². The number of para-hydroxylation sites is 1. The molecule has 0 amide bonds. The fourth-order valence-corrected chi connectivity index (χ4v) is 2.61. The Balaban J connectivity index is 2.41. The van der Waals surface area contributed by atoms with E-state index in [1.165, 1.54) is 7.11 Å². The number of nitrogen functional groups attached to an aromatic ring is 1. The lowest BCUT2D eigenvalue weighted by molar-refractivity contribution is 0.0602. The van der Waals surface area contributed by atoms with Crippen molar-refractivity contribution in [2.75, 3.05) is 18.2 Å². The number of nitrogens with one attached hydrogen (secondary N) is 1. The summed E-state index contributed by atoms with van der Waals surface area (Å²) in [5, 5.41) is 6.12. The van der Waals surface area contributed by atoms with Crippen LogP contribution < -0.4 is 11.1 Å². The third-order valence-electron chi connectivity index (χ3n) is 2.91. The fourth-order valence-electron chi connectivity index (χ4n) is 1.89. The van der Waals surface area contributed by atoms with Crippen LogP contribution in [-0.4, -0.2) is 18.1 Å². The predicted molar refractivity (Wildman–Crippen MR) is 81.0 cm³/mol. The highest BCUT2D eigenvalue weighted by molar-refractivity contribution is 7.09. The van der Waals surface area contributed by atoms with Gasteiger partial charge in [-0.2, -0.15) is 0 Å². The summed E-state index contributed by atoms with van der Waals surface area (Å²) < 4.78 is 4.79. The summed E-state index contributed by atoms with van der Waals surface area (Å²) in [4.78, 5) is 16.1. The van der Waals surface area contributed by atoms with Crippen LogP contribution >= 0.6 is 11.3 Å². The summed E-state index contributed by atoms with van der Waals surface area (Å²) >= 11 is 1.54. The van der Waals surface area contributed by atoms with Gasteiger partial charge in [0.1, 0.15) is 5.01 Å². The van der Waals surface area contributed by atoms with Crippen molar-refractivity contribution in [3.63, 3.8) is 0 Å². The highest BCUT2D eigenvalue weighted by Crippen LogP contribution is 2.32. The smallest absolute Gasteiger partial charge is 0.340 e. The zero-order chi connectivity index (χ0) is 14.8. The minimum atomic E-state index is -0.438. The van der Waals surface area contributed by atoms with Gasteiger partial charge in [0.25, 0.3) is 0 Å². The molecule has 2 aromatic rings. The third kappa shape index (κ3) is 2.75. The van der Waals surface area contributed by atoms with Crippen molar-refractivity contribution in [1.29, 1.82) is 0 Å². The summed E-state index contributed by atoms with van der Waals surface area (Å²) in [7, 11) is 1.35. The Labute approximate surface area is 121 Å². The molecule has 0 bridgehead atoms. The van der Waals surface area contributed by atoms with Crippen molar-refractivity contribution in [3.8, 4) is 0 Å². The number of benzene rings is 1. The number of esters is 1. The number of rotatable bonds is 4. The number of carbonyl (C=O) groups excluding carboxylic acids is 1. The van der Waals surface area contributed by atoms with Gasteiger partial charge in [0, 0.05) is 11.6 Å². The number of ether oxygens (including phenoxy) is 1. The second-order valence-electron chi connectivity index (χ2n) is 4.85. The fraction of sp³-hybridized carbons (Fsp3) is 0.286. The topological polar surface area (TPSA) is 77.2 Å². The van der Waals surface area contributed by atoms with E-state index in [1.54, 1.807) is 35.7 Å². The molecule has 1 heterocycles. The average Bonchev–Trinajstić information content (AvgIpc) is 2.95. The zero-order valence-corrected chi connectivity index (χ0v) is 12.5. The van der Waals surface area contributed by atoms with Crippen molar-refractivity contribution in [3.05, 3.63) is 40.3 Å². The molecule has 0 saturated carbocycles. The summed E-state index contributed by atoms with van der Waals surface area (Å²) in [6, 6.07) is 5.15. The third-order valence-corrected chi connectivity index (χ3v) is 4.00. The number of hydrogen-bond acceptors (Lipinski definition) is 6. The van der Waals surface area contributed by atoms with E-state index in [1.807, 2.05) is 19.2 Å². The number of hydrogen-bond donors (Lipinski definition) is 2. The zero-order valence-electron chi connectivity index (χ0n) is 11.6. The Morgan fingerprint density at radius 1 is 1.45 bits per heavy atom. The van der Waals surface area contributed by atoms with Gasteiger partial charge in [0.15, 0.2) is 0 Å². The minimum Gasteiger partial charge on any atom is -0.465 e. The lowest BCUT2D eigenvalue weighted by atomic mass is 10.0. The predicted octanol–water partition coefficient (Wildman–Crippen LogP) is 2.86. The van der Waals surface area contributed by atoms with Crippen LogP contribution in [0.15, 0.2) is 29.8 Å². The largest absolute Gasteiger partial charge is 0.465 e. The first kappa shape index (κ1) is 14.3. The molecule has 106 valence electrons. The molecular formula is C14H17N3O2S. The normalized spacial score (nSPS) is 11.2. The van der Waals surface area contributed by atoms with Crippen LogP contribution in [-0.2, 0) is 10.3 Å². The van der Waals surface area contributed by atoms with Crippen LogP contribution in [0.3, 0.4) is 0 Å².